The molecule has 0 aliphatic carbocycles. The molecule has 0 saturated heterocycles. The molecule has 0 saturated carbocycles. The van der Waals surface area contributed by atoms with Gasteiger partial charge in [0.2, 0.25) is 5.91 Å². The molecule has 138 valence electrons. The molecule has 0 unspecified atom stereocenters. The second kappa shape index (κ2) is 8.01. The minimum atomic E-state index is -3.28. The molecule has 2 N–H and O–H groups in total. The number of nitrogens with two attached hydrogens (primary N) is 1. The fourth-order valence-corrected chi connectivity index (χ4v) is 4.70. The lowest BCUT2D eigenvalue weighted by molar-refractivity contribution is -0.117. The molecule has 1 aliphatic heterocycles. The van der Waals surface area contributed by atoms with Crippen molar-refractivity contribution < 1.29 is 13.2 Å². The number of sulfone groups is 1. The molecule has 1 aliphatic rings. The predicted molar refractivity (Wildman–Crippen MR) is 102 cm³/mol. The van der Waals surface area contributed by atoms with Crippen LogP contribution in [0.4, 0.5) is 0 Å². The van der Waals surface area contributed by atoms with Gasteiger partial charge in [-0.3, -0.25) is 9.69 Å². The van der Waals surface area contributed by atoms with Crippen LogP contribution in [0.2, 0.25) is 0 Å². The smallest absolute Gasteiger partial charge is 0.218 e. The van der Waals surface area contributed by atoms with Crippen LogP contribution in [-0.2, 0) is 21.2 Å². The summed E-state index contributed by atoms with van der Waals surface area (Å²) in [6.07, 6.45) is -0.113. The Hall–Kier alpha value is -2.18. The Bertz CT molecular complexity index is 866. The fraction of sp³-hybridized carbons (Fsp3) is 0.350. The van der Waals surface area contributed by atoms with Crippen LogP contribution in [0, 0.1) is 0 Å². The van der Waals surface area contributed by atoms with Crippen LogP contribution in [0.5, 0.6) is 0 Å². The Labute approximate surface area is 154 Å². The topological polar surface area (TPSA) is 80.5 Å². The summed E-state index contributed by atoms with van der Waals surface area (Å²) in [6.45, 7) is 1.98. The summed E-state index contributed by atoms with van der Waals surface area (Å²) in [5, 5.41) is 0. The maximum Gasteiger partial charge on any atom is 0.218 e. The Kier molecular flexibility index (Phi) is 5.74. The molecule has 0 spiro atoms. The van der Waals surface area contributed by atoms with Crippen molar-refractivity contribution in [2.45, 2.75) is 18.9 Å². The molecule has 2 aromatic rings. The number of primary amides is 1. The van der Waals surface area contributed by atoms with Crippen LogP contribution in [0.25, 0.3) is 0 Å². The summed E-state index contributed by atoms with van der Waals surface area (Å²) >= 11 is 0. The molecule has 5 nitrogen and oxygen atoms in total. The zero-order chi connectivity index (χ0) is 18.6. The van der Waals surface area contributed by atoms with Gasteiger partial charge in [-0.05, 0) is 16.7 Å². The molecule has 6 heteroatoms. The normalized spacial score (nSPS) is 17.6. The summed E-state index contributed by atoms with van der Waals surface area (Å²) in [5.41, 5.74) is 8.85. The van der Waals surface area contributed by atoms with E-state index in [1.165, 1.54) is 16.7 Å². The van der Waals surface area contributed by atoms with E-state index in [9.17, 15) is 13.2 Å². The van der Waals surface area contributed by atoms with E-state index in [4.69, 9.17) is 5.73 Å². The average molecular weight is 372 g/mol. The Morgan fingerprint density at radius 1 is 1.04 bits per heavy atom. The van der Waals surface area contributed by atoms with E-state index in [2.05, 4.69) is 35.2 Å². The Balaban J connectivity index is 1.74. The van der Waals surface area contributed by atoms with Crippen LogP contribution in [-0.4, -0.2) is 43.8 Å². The molecular weight excluding hydrogens is 348 g/mol. The molecular formula is C20H24N2O3S. The molecule has 3 rings (SSSR count). The summed E-state index contributed by atoms with van der Waals surface area (Å²) in [7, 11) is -3.28. The third-order valence-corrected chi connectivity index (χ3v) is 6.48. The molecule has 0 radical (unpaired) electrons. The second-order valence-electron chi connectivity index (χ2n) is 6.77. The van der Waals surface area contributed by atoms with Gasteiger partial charge in [-0.2, -0.15) is 0 Å². The van der Waals surface area contributed by atoms with Crippen molar-refractivity contribution >= 4 is 15.7 Å². The van der Waals surface area contributed by atoms with Gasteiger partial charge in [0.05, 0.1) is 11.5 Å². The monoisotopic (exact) mass is 372 g/mol. The zero-order valence-electron chi connectivity index (χ0n) is 14.7. The van der Waals surface area contributed by atoms with Crippen LogP contribution in [0.1, 0.15) is 29.0 Å². The Morgan fingerprint density at radius 2 is 1.73 bits per heavy atom. The second-order valence-corrected chi connectivity index (χ2v) is 9.07. The highest BCUT2D eigenvalue weighted by atomic mass is 32.2. The average Bonchev–Trinajstić information content (AvgIpc) is 2.65. The molecule has 0 fully saturated rings. The van der Waals surface area contributed by atoms with Crippen LogP contribution in [0.3, 0.4) is 0 Å². The van der Waals surface area contributed by atoms with Gasteiger partial charge in [-0.15, -0.1) is 0 Å². The van der Waals surface area contributed by atoms with Gasteiger partial charge in [-0.25, -0.2) is 8.42 Å². The standard InChI is InChI=1S/C20H24N2O3S/c21-20(23)10-12-26(24,25)13-11-22-14-17-8-4-5-9-18(17)19(15-22)16-6-2-1-3-7-16/h1-9,19H,10-15H2,(H2,21,23)/t19-/m1/s1. The van der Waals surface area contributed by atoms with Crippen molar-refractivity contribution in [1.82, 2.24) is 4.90 Å². The number of rotatable bonds is 7. The van der Waals surface area contributed by atoms with Crippen LogP contribution in [0.15, 0.2) is 54.6 Å². The van der Waals surface area contributed by atoms with Crippen LogP contribution < -0.4 is 5.73 Å². The molecule has 1 amide bonds. The third-order valence-electron chi connectivity index (χ3n) is 4.85. The summed E-state index contributed by atoms with van der Waals surface area (Å²) in [4.78, 5) is 13.0. The van der Waals surface area contributed by atoms with E-state index < -0.39 is 15.7 Å². The van der Waals surface area contributed by atoms with Gasteiger partial charge >= 0.3 is 0 Å². The van der Waals surface area contributed by atoms with Gasteiger partial charge in [0.15, 0.2) is 9.84 Å². The largest absolute Gasteiger partial charge is 0.370 e. The molecule has 26 heavy (non-hydrogen) atoms. The van der Waals surface area contributed by atoms with E-state index in [0.717, 1.165) is 13.1 Å². The van der Waals surface area contributed by atoms with Crippen molar-refractivity contribution in [3.05, 3.63) is 71.3 Å². The first-order valence-corrected chi connectivity index (χ1v) is 10.6. The van der Waals surface area contributed by atoms with E-state index in [1.54, 1.807) is 0 Å². The first-order chi connectivity index (χ1) is 12.4. The highest BCUT2D eigenvalue weighted by molar-refractivity contribution is 7.91. The molecule has 2 aromatic carbocycles. The number of benzene rings is 2. The number of fused-ring (bicyclic) bond motifs is 1. The van der Waals surface area contributed by atoms with Gasteiger partial charge in [0.25, 0.3) is 0 Å². The van der Waals surface area contributed by atoms with Crippen molar-refractivity contribution in [2.24, 2.45) is 5.73 Å². The number of carbonyl (C=O) groups is 1. The van der Waals surface area contributed by atoms with Crippen molar-refractivity contribution in [3.8, 4) is 0 Å². The van der Waals surface area contributed by atoms with Gasteiger partial charge < -0.3 is 5.73 Å². The summed E-state index contributed by atoms with van der Waals surface area (Å²) in [5.74, 6) is -0.474. The Morgan fingerprint density at radius 3 is 2.46 bits per heavy atom. The highest BCUT2D eigenvalue weighted by Crippen LogP contribution is 2.33. The minimum absolute atomic E-state index is 0.0456. The molecule has 1 heterocycles. The van der Waals surface area contributed by atoms with Gasteiger partial charge in [-0.1, -0.05) is 54.6 Å². The van der Waals surface area contributed by atoms with Crippen molar-refractivity contribution in [1.29, 1.82) is 0 Å². The van der Waals surface area contributed by atoms with Crippen molar-refractivity contribution in [2.75, 3.05) is 24.6 Å². The van der Waals surface area contributed by atoms with E-state index in [1.807, 2.05) is 24.3 Å². The molecule has 0 bridgehead atoms. The number of hydrogen-bond donors (Lipinski definition) is 1. The van der Waals surface area contributed by atoms with E-state index in [-0.39, 0.29) is 23.8 Å². The van der Waals surface area contributed by atoms with Gasteiger partial charge in [0.1, 0.15) is 0 Å². The maximum absolute atomic E-state index is 12.1. The number of nitrogens with zero attached hydrogens (tertiary/aromatic N) is 1. The van der Waals surface area contributed by atoms with Gasteiger partial charge in [0, 0.05) is 32.0 Å². The third kappa shape index (κ3) is 4.71. The van der Waals surface area contributed by atoms with E-state index >= 15 is 0 Å². The molecule has 1 atom stereocenters. The van der Waals surface area contributed by atoms with E-state index in [0.29, 0.717) is 6.54 Å². The zero-order valence-corrected chi connectivity index (χ0v) is 15.5. The van der Waals surface area contributed by atoms with Crippen LogP contribution >= 0.6 is 0 Å². The fourth-order valence-electron chi connectivity index (χ4n) is 3.45. The lowest BCUT2D eigenvalue weighted by Gasteiger charge is -2.35. The summed E-state index contributed by atoms with van der Waals surface area (Å²) in [6, 6.07) is 18.7. The molecule has 0 aromatic heterocycles. The SMILES string of the molecule is NC(=O)CCS(=O)(=O)CCN1Cc2ccccc2[C@@H](c2ccccc2)C1. The lowest BCUT2D eigenvalue weighted by atomic mass is 9.85. The number of carbonyl (C=O) groups excluding carboxylic acids is 1. The van der Waals surface area contributed by atoms with Crippen molar-refractivity contribution in [3.63, 3.8) is 0 Å². The highest BCUT2D eigenvalue weighted by Gasteiger charge is 2.27. The quantitative estimate of drug-likeness (QED) is 0.805. The first kappa shape index (κ1) is 18.6. The predicted octanol–water partition coefficient (Wildman–Crippen LogP) is 1.92. The number of amides is 1. The minimum Gasteiger partial charge on any atom is -0.370 e. The summed E-state index contributed by atoms with van der Waals surface area (Å²) < 4.78 is 24.3. The number of hydrogen-bond acceptors (Lipinski definition) is 4. The lowest BCUT2D eigenvalue weighted by Crippen LogP contribution is -2.37. The first-order valence-electron chi connectivity index (χ1n) is 8.78. The maximum atomic E-state index is 12.1.